The number of hydrogen-bond donors (Lipinski definition) is 2. The molecule has 0 saturated carbocycles. The fourth-order valence-corrected chi connectivity index (χ4v) is 2.30. The van der Waals surface area contributed by atoms with Crippen LogP contribution in [-0.2, 0) is 0 Å². The number of aliphatic hydroxyl groups excluding tert-OH is 1. The third kappa shape index (κ3) is 5.56. The Balaban J connectivity index is 2.73. The highest BCUT2D eigenvalue weighted by atomic mass is 16.3. The molecule has 1 aromatic rings. The summed E-state index contributed by atoms with van der Waals surface area (Å²) in [7, 11) is 0. The standard InChI is InChI=1S/C17H27N3O3/c1-4-11-20(12-13-21)17(23)18-15-9-7-14(8-10-15)16(22)19(5-2)6-3/h7-10,21H,4-6,11-13H2,1-3H3,(H,18,23). The van der Waals surface area contributed by atoms with Gasteiger partial charge < -0.3 is 20.2 Å². The Morgan fingerprint density at radius 3 is 2.09 bits per heavy atom. The van der Waals surface area contributed by atoms with E-state index in [-0.39, 0.29) is 18.5 Å². The van der Waals surface area contributed by atoms with Crippen molar-refractivity contribution < 1.29 is 14.7 Å². The molecule has 6 nitrogen and oxygen atoms in total. The smallest absolute Gasteiger partial charge is 0.321 e. The summed E-state index contributed by atoms with van der Waals surface area (Å²) in [4.78, 5) is 27.7. The largest absolute Gasteiger partial charge is 0.395 e. The van der Waals surface area contributed by atoms with Gasteiger partial charge in [0.25, 0.3) is 5.91 Å². The van der Waals surface area contributed by atoms with Gasteiger partial charge in [-0.3, -0.25) is 4.79 Å². The summed E-state index contributed by atoms with van der Waals surface area (Å²) in [6.45, 7) is 8.03. The second-order valence-corrected chi connectivity index (χ2v) is 5.20. The van der Waals surface area contributed by atoms with Crippen molar-refractivity contribution in [1.82, 2.24) is 9.80 Å². The number of rotatable bonds is 8. The summed E-state index contributed by atoms with van der Waals surface area (Å²) in [5.74, 6) is -0.0132. The van der Waals surface area contributed by atoms with Gasteiger partial charge in [0.1, 0.15) is 0 Å². The maximum Gasteiger partial charge on any atom is 0.321 e. The summed E-state index contributed by atoms with van der Waals surface area (Å²) < 4.78 is 0. The number of carbonyl (C=O) groups is 2. The van der Waals surface area contributed by atoms with Crippen LogP contribution in [0.4, 0.5) is 10.5 Å². The van der Waals surface area contributed by atoms with Crippen molar-refractivity contribution >= 4 is 17.6 Å². The van der Waals surface area contributed by atoms with Crippen LogP contribution in [0.1, 0.15) is 37.6 Å². The number of amides is 3. The zero-order chi connectivity index (χ0) is 17.2. The molecule has 0 aliphatic rings. The van der Waals surface area contributed by atoms with Crippen LogP contribution in [0.5, 0.6) is 0 Å². The Kier molecular flexibility index (Phi) is 8.11. The van der Waals surface area contributed by atoms with Crippen LogP contribution in [0, 0.1) is 0 Å². The van der Waals surface area contributed by atoms with Gasteiger partial charge in [0.2, 0.25) is 0 Å². The minimum Gasteiger partial charge on any atom is -0.395 e. The molecule has 0 bridgehead atoms. The molecule has 2 N–H and O–H groups in total. The van der Waals surface area contributed by atoms with Crippen LogP contribution in [0.3, 0.4) is 0 Å². The highest BCUT2D eigenvalue weighted by Crippen LogP contribution is 2.12. The molecule has 0 saturated heterocycles. The average Bonchev–Trinajstić information content (AvgIpc) is 2.56. The molecular weight excluding hydrogens is 294 g/mol. The number of urea groups is 1. The van der Waals surface area contributed by atoms with Gasteiger partial charge in [-0.2, -0.15) is 0 Å². The molecule has 128 valence electrons. The van der Waals surface area contributed by atoms with Gasteiger partial charge in [-0.15, -0.1) is 0 Å². The normalized spacial score (nSPS) is 10.3. The molecule has 23 heavy (non-hydrogen) atoms. The van der Waals surface area contributed by atoms with E-state index in [1.54, 1.807) is 34.1 Å². The van der Waals surface area contributed by atoms with Crippen LogP contribution in [0.25, 0.3) is 0 Å². The number of aliphatic hydroxyl groups is 1. The Hall–Kier alpha value is -2.08. The van der Waals surface area contributed by atoms with Crippen LogP contribution in [-0.4, -0.2) is 59.6 Å². The molecule has 1 aromatic carbocycles. The molecule has 0 unspecified atom stereocenters. The fourth-order valence-electron chi connectivity index (χ4n) is 2.30. The lowest BCUT2D eigenvalue weighted by Gasteiger charge is -2.22. The molecule has 0 heterocycles. The van der Waals surface area contributed by atoms with E-state index < -0.39 is 0 Å². The van der Waals surface area contributed by atoms with Gasteiger partial charge in [-0.25, -0.2) is 4.79 Å². The first kappa shape index (κ1) is 19.0. The monoisotopic (exact) mass is 321 g/mol. The first-order chi connectivity index (χ1) is 11.1. The number of anilines is 1. The zero-order valence-corrected chi connectivity index (χ0v) is 14.2. The van der Waals surface area contributed by atoms with Crippen molar-refractivity contribution in [3.05, 3.63) is 29.8 Å². The van der Waals surface area contributed by atoms with Crippen molar-refractivity contribution in [3.63, 3.8) is 0 Å². The molecule has 0 radical (unpaired) electrons. The number of carbonyl (C=O) groups excluding carboxylic acids is 2. The Bertz CT molecular complexity index is 492. The lowest BCUT2D eigenvalue weighted by Crippen LogP contribution is -2.37. The van der Waals surface area contributed by atoms with Gasteiger partial charge >= 0.3 is 6.03 Å². The van der Waals surface area contributed by atoms with Crippen molar-refractivity contribution in [3.8, 4) is 0 Å². The summed E-state index contributed by atoms with van der Waals surface area (Å²) in [5.41, 5.74) is 1.23. The van der Waals surface area contributed by atoms with Crippen LogP contribution < -0.4 is 5.32 Å². The highest BCUT2D eigenvalue weighted by Gasteiger charge is 2.14. The topological polar surface area (TPSA) is 72.9 Å². The fraction of sp³-hybridized carbons (Fsp3) is 0.529. The van der Waals surface area contributed by atoms with Crippen molar-refractivity contribution in [2.75, 3.05) is 38.1 Å². The Labute approximate surface area is 138 Å². The SMILES string of the molecule is CCCN(CCO)C(=O)Nc1ccc(C(=O)N(CC)CC)cc1. The van der Waals surface area contributed by atoms with E-state index in [0.717, 1.165) is 6.42 Å². The van der Waals surface area contributed by atoms with E-state index in [1.165, 1.54) is 0 Å². The molecule has 0 aliphatic heterocycles. The lowest BCUT2D eigenvalue weighted by molar-refractivity contribution is 0.0773. The second kappa shape index (κ2) is 9.84. The third-order valence-electron chi connectivity index (χ3n) is 3.58. The molecule has 0 fully saturated rings. The Morgan fingerprint density at radius 2 is 1.61 bits per heavy atom. The van der Waals surface area contributed by atoms with Crippen LogP contribution in [0.15, 0.2) is 24.3 Å². The van der Waals surface area contributed by atoms with E-state index >= 15 is 0 Å². The Morgan fingerprint density at radius 1 is 1.00 bits per heavy atom. The van der Waals surface area contributed by atoms with E-state index in [4.69, 9.17) is 5.11 Å². The first-order valence-corrected chi connectivity index (χ1v) is 8.13. The number of benzene rings is 1. The van der Waals surface area contributed by atoms with E-state index in [9.17, 15) is 9.59 Å². The average molecular weight is 321 g/mol. The minimum atomic E-state index is -0.247. The summed E-state index contributed by atoms with van der Waals surface area (Å²) in [6, 6.07) is 6.62. The zero-order valence-electron chi connectivity index (χ0n) is 14.2. The molecule has 3 amide bonds. The van der Waals surface area contributed by atoms with Gasteiger partial charge in [0.05, 0.1) is 6.61 Å². The molecule has 0 spiro atoms. The van der Waals surface area contributed by atoms with Gasteiger partial charge in [0.15, 0.2) is 0 Å². The molecule has 0 aliphatic carbocycles. The second-order valence-electron chi connectivity index (χ2n) is 5.20. The third-order valence-corrected chi connectivity index (χ3v) is 3.58. The summed E-state index contributed by atoms with van der Waals surface area (Å²) >= 11 is 0. The quantitative estimate of drug-likeness (QED) is 0.772. The van der Waals surface area contributed by atoms with Crippen molar-refractivity contribution in [2.24, 2.45) is 0 Å². The summed E-state index contributed by atoms with van der Waals surface area (Å²) in [6.07, 6.45) is 0.824. The molecule has 6 heteroatoms. The van der Waals surface area contributed by atoms with E-state index in [2.05, 4.69) is 5.32 Å². The highest BCUT2D eigenvalue weighted by molar-refractivity contribution is 5.95. The van der Waals surface area contributed by atoms with Crippen LogP contribution >= 0.6 is 0 Å². The van der Waals surface area contributed by atoms with Crippen molar-refractivity contribution in [1.29, 1.82) is 0 Å². The summed E-state index contributed by atoms with van der Waals surface area (Å²) in [5, 5.41) is 11.8. The molecule has 0 atom stereocenters. The van der Waals surface area contributed by atoms with E-state index in [1.807, 2.05) is 20.8 Å². The molecule has 0 aromatic heterocycles. The van der Waals surface area contributed by atoms with Gasteiger partial charge in [-0.05, 0) is 44.5 Å². The number of nitrogens with one attached hydrogen (secondary N) is 1. The van der Waals surface area contributed by atoms with Crippen LogP contribution in [0.2, 0.25) is 0 Å². The van der Waals surface area contributed by atoms with Gasteiger partial charge in [0, 0.05) is 37.4 Å². The van der Waals surface area contributed by atoms with Gasteiger partial charge in [-0.1, -0.05) is 6.92 Å². The first-order valence-electron chi connectivity index (χ1n) is 8.13. The number of hydrogen-bond acceptors (Lipinski definition) is 3. The lowest BCUT2D eigenvalue weighted by atomic mass is 10.2. The maximum atomic E-state index is 12.2. The predicted molar refractivity (Wildman–Crippen MR) is 91.7 cm³/mol. The number of nitrogens with zero attached hydrogens (tertiary/aromatic N) is 2. The molecular formula is C17H27N3O3. The van der Waals surface area contributed by atoms with Crippen molar-refractivity contribution in [2.45, 2.75) is 27.2 Å². The molecule has 1 rings (SSSR count). The van der Waals surface area contributed by atoms with E-state index in [0.29, 0.717) is 37.4 Å². The maximum absolute atomic E-state index is 12.2. The predicted octanol–water partition coefficient (Wildman–Crippen LogP) is 2.40. The minimum absolute atomic E-state index is 0.0132.